The summed E-state index contributed by atoms with van der Waals surface area (Å²) >= 11 is 11.3. The Kier molecular flexibility index (Phi) is 3.84. The van der Waals surface area contributed by atoms with Crippen molar-refractivity contribution in [2.45, 2.75) is 4.90 Å². The summed E-state index contributed by atoms with van der Waals surface area (Å²) in [5, 5.41) is 0.300. The van der Waals surface area contributed by atoms with Gasteiger partial charge in [-0.25, -0.2) is 8.42 Å². The van der Waals surface area contributed by atoms with Gasteiger partial charge in [-0.3, -0.25) is 9.52 Å². The number of benzene rings is 1. The van der Waals surface area contributed by atoms with Crippen LogP contribution in [0.15, 0.2) is 46.2 Å². The Balaban J connectivity index is 2.34. The van der Waals surface area contributed by atoms with Crippen molar-refractivity contribution in [2.75, 3.05) is 4.72 Å². The molecule has 1 aromatic carbocycles. The molecule has 2 rings (SSSR count). The molecule has 0 bridgehead atoms. The summed E-state index contributed by atoms with van der Waals surface area (Å²) in [5.74, 6) is 0. The molecule has 8 heteroatoms. The van der Waals surface area contributed by atoms with E-state index in [0.717, 1.165) is 12.3 Å². The molecule has 0 atom stereocenters. The number of aromatic amines is 1. The zero-order valence-corrected chi connectivity index (χ0v) is 11.7. The number of halogens is 2. The van der Waals surface area contributed by atoms with Gasteiger partial charge in [0.05, 0.1) is 0 Å². The normalized spacial score (nSPS) is 11.3. The Hall–Kier alpha value is -1.50. The van der Waals surface area contributed by atoms with Gasteiger partial charge in [0, 0.05) is 16.9 Å². The molecule has 0 saturated carbocycles. The number of aromatic nitrogens is 1. The van der Waals surface area contributed by atoms with Crippen LogP contribution in [-0.2, 0) is 10.0 Å². The number of pyridine rings is 1. The number of H-pyrrole nitrogens is 1. The fourth-order valence-electron chi connectivity index (χ4n) is 1.32. The number of sulfonamides is 1. The molecule has 1 heterocycles. The van der Waals surface area contributed by atoms with E-state index in [2.05, 4.69) is 9.71 Å². The molecule has 0 unspecified atom stereocenters. The molecule has 0 aliphatic carbocycles. The quantitative estimate of drug-likeness (QED) is 0.912. The summed E-state index contributed by atoms with van der Waals surface area (Å²) in [5.41, 5.74) is -0.196. The van der Waals surface area contributed by atoms with Crippen LogP contribution in [0.5, 0.6) is 0 Å². The maximum absolute atomic E-state index is 12.0. The Morgan fingerprint density at radius 1 is 1.11 bits per heavy atom. The third-order valence-corrected chi connectivity index (χ3v) is 4.13. The fraction of sp³-hybridized carbons (Fsp3) is 0. The van der Waals surface area contributed by atoms with Gasteiger partial charge in [-0.15, -0.1) is 0 Å². The molecule has 0 radical (unpaired) electrons. The lowest BCUT2D eigenvalue weighted by Crippen LogP contribution is -2.15. The van der Waals surface area contributed by atoms with E-state index in [-0.39, 0.29) is 9.92 Å². The lowest BCUT2D eigenvalue weighted by molar-refractivity contribution is 0.600. The molecule has 0 aliphatic rings. The molecular formula is C11H8Cl2N2O3S. The van der Waals surface area contributed by atoms with Crippen LogP contribution in [-0.4, -0.2) is 13.4 Å². The van der Waals surface area contributed by atoms with Crippen LogP contribution in [0.3, 0.4) is 0 Å². The van der Waals surface area contributed by atoms with Gasteiger partial charge in [0.25, 0.3) is 15.6 Å². The van der Waals surface area contributed by atoms with Crippen molar-refractivity contribution in [1.82, 2.24) is 4.98 Å². The van der Waals surface area contributed by atoms with E-state index in [1.807, 2.05) is 0 Å². The summed E-state index contributed by atoms with van der Waals surface area (Å²) in [6.07, 6.45) is 1.08. The highest BCUT2D eigenvalue weighted by Gasteiger charge is 2.15. The molecule has 2 N–H and O–H groups in total. The summed E-state index contributed by atoms with van der Waals surface area (Å²) in [6.45, 7) is 0. The van der Waals surface area contributed by atoms with Gasteiger partial charge in [0.2, 0.25) is 0 Å². The molecule has 19 heavy (non-hydrogen) atoms. The summed E-state index contributed by atoms with van der Waals surface area (Å²) in [4.78, 5) is 13.2. The molecule has 0 saturated heterocycles. The summed E-state index contributed by atoms with van der Waals surface area (Å²) in [6, 6.07) is 7.23. The molecule has 0 aliphatic heterocycles. The van der Waals surface area contributed by atoms with Crippen molar-refractivity contribution in [1.29, 1.82) is 0 Å². The van der Waals surface area contributed by atoms with E-state index in [1.54, 1.807) is 12.1 Å². The van der Waals surface area contributed by atoms with Crippen LogP contribution in [0.2, 0.25) is 10.0 Å². The molecule has 0 fully saturated rings. The maximum atomic E-state index is 12.0. The lowest BCUT2D eigenvalue weighted by atomic mass is 10.3. The number of anilines is 1. The van der Waals surface area contributed by atoms with E-state index < -0.39 is 15.6 Å². The van der Waals surface area contributed by atoms with Gasteiger partial charge < -0.3 is 4.98 Å². The van der Waals surface area contributed by atoms with Crippen LogP contribution >= 0.6 is 23.2 Å². The maximum Gasteiger partial charge on any atom is 0.266 e. The highest BCUT2D eigenvalue weighted by molar-refractivity contribution is 7.92. The second kappa shape index (κ2) is 5.24. The smallest absolute Gasteiger partial charge is 0.266 e. The topological polar surface area (TPSA) is 79.0 Å². The molecule has 5 nitrogen and oxygen atoms in total. The predicted molar refractivity (Wildman–Crippen MR) is 74.3 cm³/mol. The minimum absolute atomic E-state index is 0.132. The Morgan fingerprint density at radius 2 is 1.74 bits per heavy atom. The molecule has 2 aromatic rings. The van der Waals surface area contributed by atoms with Crippen molar-refractivity contribution in [3.63, 3.8) is 0 Å². The van der Waals surface area contributed by atoms with Crippen molar-refractivity contribution >= 4 is 38.9 Å². The Labute approximate surface area is 119 Å². The van der Waals surface area contributed by atoms with Crippen molar-refractivity contribution in [2.24, 2.45) is 0 Å². The Bertz CT molecular complexity index is 754. The van der Waals surface area contributed by atoms with Gasteiger partial charge in [-0.2, -0.15) is 0 Å². The average Bonchev–Trinajstić information content (AvgIpc) is 2.35. The van der Waals surface area contributed by atoms with Crippen LogP contribution in [0.4, 0.5) is 5.69 Å². The Morgan fingerprint density at radius 3 is 2.32 bits per heavy atom. The van der Waals surface area contributed by atoms with Gasteiger partial charge in [0.1, 0.15) is 9.92 Å². The van der Waals surface area contributed by atoms with Crippen molar-refractivity contribution < 1.29 is 8.42 Å². The van der Waals surface area contributed by atoms with Crippen LogP contribution in [0, 0.1) is 0 Å². The first-order valence-corrected chi connectivity index (χ1v) is 7.29. The van der Waals surface area contributed by atoms with E-state index in [1.165, 1.54) is 12.1 Å². The number of rotatable bonds is 3. The van der Waals surface area contributed by atoms with E-state index in [4.69, 9.17) is 23.2 Å². The molecule has 0 spiro atoms. The second-order valence-corrected chi connectivity index (χ2v) is 6.15. The zero-order chi connectivity index (χ0) is 14.0. The minimum atomic E-state index is -3.81. The predicted octanol–water partition coefficient (Wildman–Crippen LogP) is 2.48. The largest absolute Gasteiger partial charge is 0.326 e. The monoisotopic (exact) mass is 318 g/mol. The standard InChI is InChI=1S/C11H8Cl2N2O3S/c12-7-1-3-8(4-2-7)15-19(17,18)9-5-10(13)11(16)14-6-9/h1-6,15H,(H,14,16). The van der Waals surface area contributed by atoms with E-state index in [9.17, 15) is 13.2 Å². The van der Waals surface area contributed by atoms with Gasteiger partial charge >= 0.3 is 0 Å². The summed E-state index contributed by atoms with van der Waals surface area (Å²) < 4.78 is 26.4. The van der Waals surface area contributed by atoms with Gasteiger partial charge in [-0.05, 0) is 30.3 Å². The molecule has 100 valence electrons. The zero-order valence-electron chi connectivity index (χ0n) is 9.35. The summed E-state index contributed by atoms with van der Waals surface area (Å²) in [7, 11) is -3.81. The van der Waals surface area contributed by atoms with Crippen molar-refractivity contribution in [3.05, 3.63) is 56.9 Å². The first-order chi connectivity index (χ1) is 8.88. The minimum Gasteiger partial charge on any atom is -0.326 e. The number of nitrogens with one attached hydrogen (secondary N) is 2. The third kappa shape index (κ3) is 3.28. The van der Waals surface area contributed by atoms with Crippen LogP contribution < -0.4 is 10.3 Å². The lowest BCUT2D eigenvalue weighted by Gasteiger charge is -2.08. The number of hydrogen-bond acceptors (Lipinski definition) is 3. The van der Waals surface area contributed by atoms with Crippen LogP contribution in [0.25, 0.3) is 0 Å². The molecule has 1 aromatic heterocycles. The van der Waals surface area contributed by atoms with Gasteiger partial charge in [0.15, 0.2) is 0 Å². The highest BCUT2D eigenvalue weighted by Crippen LogP contribution is 2.18. The molecular weight excluding hydrogens is 311 g/mol. The van der Waals surface area contributed by atoms with Crippen molar-refractivity contribution in [3.8, 4) is 0 Å². The van der Waals surface area contributed by atoms with Gasteiger partial charge in [-0.1, -0.05) is 23.2 Å². The first kappa shape index (κ1) is 13.9. The second-order valence-electron chi connectivity index (χ2n) is 3.62. The van der Waals surface area contributed by atoms with E-state index in [0.29, 0.717) is 10.7 Å². The fourth-order valence-corrected chi connectivity index (χ4v) is 2.74. The molecule has 0 amide bonds. The highest BCUT2D eigenvalue weighted by atomic mass is 35.5. The third-order valence-electron chi connectivity index (χ3n) is 2.24. The first-order valence-electron chi connectivity index (χ1n) is 5.05. The van der Waals surface area contributed by atoms with E-state index >= 15 is 0 Å². The SMILES string of the molecule is O=c1[nH]cc(S(=O)(=O)Nc2ccc(Cl)cc2)cc1Cl. The number of hydrogen-bond donors (Lipinski definition) is 2. The average molecular weight is 319 g/mol. The van der Waals surface area contributed by atoms with Crippen LogP contribution in [0.1, 0.15) is 0 Å².